The highest BCUT2D eigenvalue weighted by Gasteiger charge is 2.09. The third kappa shape index (κ3) is 5.77. The number of pyridine rings is 1. The molecule has 1 aromatic heterocycles. The van der Waals surface area contributed by atoms with Crippen molar-refractivity contribution in [1.29, 1.82) is 0 Å². The van der Waals surface area contributed by atoms with Gasteiger partial charge in [0.25, 0.3) is 0 Å². The molecule has 4 N–H and O–H groups in total. The van der Waals surface area contributed by atoms with Crippen LogP contribution in [-0.2, 0) is 6.54 Å². The van der Waals surface area contributed by atoms with Gasteiger partial charge < -0.3 is 37.4 Å². The zero-order valence-corrected chi connectivity index (χ0v) is 14.7. The number of aromatic nitrogens is 1. The summed E-state index contributed by atoms with van der Waals surface area (Å²) in [6.07, 6.45) is 4.63. The lowest BCUT2D eigenvalue weighted by atomic mass is 10.1. The molecule has 1 aromatic carbocycles. The van der Waals surface area contributed by atoms with Crippen molar-refractivity contribution in [1.82, 2.24) is 0 Å². The van der Waals surface area contributed by atoms with Crippen LogP contribution in [0.4, 0.5) is 0 Å². The first-order chi connectivity index (χ1) is 10.6. The second-order valence-corrected chi connectivity index (χ2v) is 4.68. The van der Waals surface area contributed by atoms with Gasteiger partial charge >= 0.3 is 0 Å². The zero-order valence-electron chi connectivity index (χ0n) is 13.1. The molecule has 0 aliphatic heterocycles. The van der Waals surface area contributed by atoms with Crippen molar-refractivity contribution in [2.24, 2.45) is 0 Å². The fraction of sp³-hybridized carbons (Fsp3) is 0.176. The van der Waals surface area contributed by atoms with E-state index in [9.17, 15) is 9.90 Å². The zero-order chi connectivity index (χ0) is 15.9. The third-order valence-corrected chi connectivity index (χ3v) is 3.15. The van der Waals surface area contributed by atoms with Crippen molar-refractivity contribution >= 4 is 11.5 Å². The lowest BCUT2D eigenvalue weighted by molar-refractivity contribution is -0.698. The van der Waals surface area contributed by atoms with E-state index in [4.69, 9.17) is 9.84 Å². The quantitative estimate of drug-likeness (QED) is 0.253. The molecule has 2 rings (SSSR count). The van der Waals surface area contributed by atoms with Crippen molar-refractivity contribution in [3.05, 3.63) is 66.0 Å². The molecule has 1 heterocycles. The van der Waals surface area contributed by atoms with Gasteiger partial charge in [-0.2, -0.15) is 0 Å². The fourth-order valence-electron chi connectivity index (χ4n) is 1.97. The lowest BCUT2D eigenvalue weighted by Crippen LogP contribution is -3.00. The predicted molar refractivity (Wildman–Crippen MR) is 85.3 cm³/mol. The SMILES string of the molecule is COc1ccc(C(=O)/C=C(\O)c2ccc[n+](CCO)c2)cc1.O.[Br-]. The number of carbonyl (C=O) groups is 1. The molecular weight excluding hydrogens is 378 g/mol. The molecule has 130 valence electrons. The molecule has 2 aromatic rings. The summed E-state index contributed by atoms with van der Waals surface area (Å²) in [6, 6.07) is 10.1. The van der Waals surface area contributed by atoms with Crippen molar-refractivity contribution in [2.75, 3.05) is 13.7 Å². The van der Waals surface area contributed by atoms with E-state index in [1.807, 2.05) is 0 Å². The second-order valence-electron chi connectivity index (χ2n) is 4.68. The minimum atomic E-state index is -0.294. The van der Waals surface area contributed by atoms with Crippen LogP contribution in [0.5, 0.6) is 5.75 Å². The van der Waals surface area contributed by atoms with Gasteiger partial charge in [0.1, 0.15) is 18.1 Å². The van der Waals surface area contributed by atoms with E-state index in [0.29, 0.717) is 23.4 Å². The van der Waals surface area contributed by atoms with E-state index in [1.165, 1.54) is 6.08 Å². The number of hydrogen-bond acceptors (Lipinski definition) is 4. The second kappa shape index (κ2) is 10.5. The topological polar surface area (TPSA) is 102 Å². The van der Waals surface area contributed by atoms with Gasteiger partial charge in [-0.3, -0.25) is 4.79 Å². The molecule has 0 saturated carbocycles. The van der Waals surface area contributed by atoms with Crippen LogP contribution in [0.15, 0.2) is 54.9 Å². The summed E-state index contributed by atoms with van der Waals surface area (Å²) in [7, 11) is 1.56. The Hall–Kier alpha value is -2.22. The van der Waals surface area contributed by atoms with Gasteiger partial charge in [0.05, 0.1) is 12.7 Å². The number of hydrogen-bond donors (Lipinski definition) is 2. The molecule has 0 amide bonds. The molecule has 24 heavy (non-hydrogen) atoms. The number of nitrogens with zero attached hydrogens (tertiary/aromatic N) is 1. The Morgan fingerprint density at radius 1 is 1.21 bits per heavy atom. The lowest BCUT2D eigenvalue weighted by Gasteiger charge is -2.02. The van der Waals surface area contributed by atoms with Crippen molar-refractivity contribution in [3.8, 4) is 5.75 Å². The maximum absolute atomic E-state index is 12.1. The molecule has 6 nitrogen and oxygen atoms in total. The Balaban J connectivity index is 0.00000264. The molecule has 0 atom stereocenters. The van der Waals surface area contributed by atoms with Crippen molar-refractivity contribution < 1.29 is 46.8 Å². The minimum Gasteiger partial charge on any atom is -1.00 e. The molecule has 0 radical (unpaired) electrons. The predicted octanol–water partition coefficient (Wildman–Crippen LogP) is -2.06. The van der Waals surface area contributed by atoms with E-state index in [-0.39, 0.29) is 40.6 Å². The Labute approximate surface area is 150 Å². The molecule has 0 aliphatic rings. The van der Waals surface area contributed by atoms with E-state index >= 15 is 0 Å². The van der Waals surface area contributed by atoms with Crippen molar-refractivity contribution in [3.63, 3.8) is 0 Å². The van der Waals surface area contributed by atoms with E-state index in [0.717, 1.165) is 0 Å². The number of methoxy groups -OCH3 is 1. The molecule has 0 unspecified atom stereocenters. The van der Waals surface area contributed by atoms with Gasteiger partial charge in [-0.25, -0.2) is 4.57 Å². The molecule has 0 bridgehead atoms. The largest absolute Gasteiger partial charge is 1.00 e. The average molecular weight is 398 g/mol. The van der Waals surface area contributed by atoms with Gasteiger partial charge in [0, 0.05) is 17.7 Å². The maximum atomic E-state index is 12.1. The molecular formula is C17H20BrNO5. The summed E-state index contributed by atoms with van der Waals surface area (Å²) < 4.78 is 6.77. The first kappa shape index (κ1) is 21.8. The first-order valence-electron chi connectivity index (χ1n) is 6.83. The van der Waals surface area contributed by atoms with Crippen LogP contribution >= 0.6 is 0 Å². The maximum Gasteiger partial charge on any atom is 0.189 e. The number of benzene rings is 1. The minimum absolute atomic E-state index is 0. The summed E-state index contributed by atoms with van der Waals surface area (Å²) in [5.74, 6) is 0.253. The normalized spacial score (nSPS) is 10.3. The van der Waals surface area contributed by atoms with Gasteiger partial charge in [0.2, 0.25) is 0 Å². The number of aliphatic hydroxyl groups is 2. The van der Waals surface area contributed by atoms with Gasteiger partial charge in [-0.1, -0.05) is 0 Å². The number of aliphatic hydroxyl groups excluding tert-OH is 2. The van der Waals surface area contributed by atoms with Crippen LogP contribution in [0.2, 0.25) is 0 Å². The standard InChI is InChI=1S/C17H17NO4.BrH.H2O/c1-22-15-6-4-13(5-7-15)16(20)11-17(21)14-3-2-8-18(12-14)9-10-19;;/h2-8,11-12,19H,9-10H2,1H3;1H;1H2. The van der Waals surface area contributed by atoms with Crippen LogP contribution in [-0.4, -0.2) is 35.2 Å². The number of rotatable bonds is 6. The summed E-state index contributed by atoms with van der Waals surface area (Å²) in [5, 5.41) is 19.0. The van der Waals surface area contributed by atoms with Crippen LogP contribution in [0.1, 0.15) is 15.9 Å². The van der Waals surface area contributed by atoms with Crippen LogP contribution < -0.4 is 26.3 Å². The number of ether oxygens (including phenoxy) is 1. The Morgan fingerprint density at radius 3 is 2.46 bits per heavy atom. The van der Waals surface area contributed by atoms with Crippen LogP contribution in [0, 0.1) is 0 Å². The molecule has 0 saturated heterocycles. The van der Waals surface area contributed by atoms with E-state index < -0.39 is 0 Å². The average Bonchev–Trinajstić information content (AvgIpc) is 2.55. The fourth-order valence-corrected chi connectivity index (χ4v) is 1.97. The van der Waals surface area contributed by atoms with Gasteiger partial charge in [-0.15, -0.1) is 0 Å². The molecule has 0 aliphatic carbocycles. The highest BCUT2D eigenvalue weighted by Crippen LogP contribution is 2.14. The van der Waals surface area contributed by atoms with Gasteiger partial charge in [-0.05, 0) is 30.3 Å². The molecule has 7 heteroatoms. The summed E-state index contributed by atoms with van der Waals surface area (Å²) >= 11 is 0. The summed E-state index contributed by atoms with van der Waals surface area (Å²) in [5.41, 5.74) is 0.976. The summed E-state index contributed by atoms with van der Waals surface area (Å²) in [4.78, 5) is 12.1. The third-order valence-electron chi connectivity index (χ3n) is 3.15. The molecule has 0 spiro atoms. The highest BCUT2D eigenvalue weighted by atomic mass is 79.9. The summed E-state index contributed by atoms with van der Waals surface area (Å²) in [6.45, 7) is 0.428. The van der Waals surface area contributed by atoms with E-state index in [2.05, 4.69) is 0 Å². The van der Waals surface area contributed by atoms with Gasteiger partial charge in [0.15, 0.2) is 24.7 Å². The number of ketones is 1. The van der Waals surface area contributed by atoms with Crippen molar-refractivity contribution in [2.45, 2.75) is 6.54 Å². The van der Waals surface area contributed by atoms with Crippen LogP contribution in [0.3, 0.4) is 0 Å². The number of carbonyl (C=O) groups excluding carboxylic acids is 1. The van der Waals surface area contributed by atoms with E-state index in [1.54, 1.807) is 60.5 Å². The molecule has 0 fully saturated rings. The smallest absolute Gasteiger partial charge is 0.189 e. The number of halogens is 1. The monoisotopic (exact) mass is 397 g/mol. The highest BCUT2D eigenvalue weighted by molar-refractivity contribution is 6.07. The Kier molecular flexibility index (Phi) is 9.56. The number of allylic oxidation sites excluding steroid dienone is 1. The first-order valence-corrected chi connectivity index (χ1v) is 6.83. The van der Waals surface area contributed by atoms with Crippen LogP contribution in [0.25, 0.3) is 5.76 Å². The Bertz CT molecular complexity index is 686. The Morgan fingerprint density at radius 2 is 1.88 bits per heavy atom.